The van der Waals surface area contributed by atoms with Gasteiger partial charge in [0.1, 0.15) is 78.8 Å². The Hall–Kier alpha value is -0.840. The molecule has 4 saturated heterocycles. The molecule has 4 rings (SSSR count). The zero-order valence-electron chi connectivity index (χ0n) is 23.5. The largest absolute Gasteiger partial charge is 0.394 e. The maximum absolute atomic E-state index is 12.0. The Morgan fingerprint density at radius 3 is 1.76 bits per heavy atom. The minimum absolute atomic E-state index is 0.856. The molecule has 4 heterocycles. The smallest absolute Gasteiger partial charge is 0.190 e. The van der Waals surface area contributed by atoms with Crippen LogP contribution in [0.1, 0.15) is 0 Å². The van der Waals surface area contributed by atoms with Gasteiger partial charge in [0.25, 0.3) is 0 Å². The summed E-state index contributed by atoms with van der Waals surface area (Å²) in [6.45, 7) is -6.79. The zero-order valence-corrected chi connectivity index (χ0v) is 23.5. The summed E-state index contributed by atoms with van der Waals surface area (Å²) in [4.78, 5) is 0. The summed E-state index contributed by atoms with van der Waals surface area (Å²) in [7, 11) is 0. The van der Waals surface area contributed by atoms with Crippen LogP contribution >= 0.6 is 0 Å². The first-order valence-electron chi connectivity index (χ1n) is 13.9. The predicted octanol–water partition coefficient (Wildman–Crippen LogP) is -11.6. The quantitative estimate of drug-likeness (QED) is 0.120. The van der Waals surface area contributed by atoms with Gasteiger partial charge in [0.15, 0.2) is 28.7 Å². The van der Waals surface area contributed by atoms with Crippen molar-refractivity contribution in [2.75, 3.05) is 39.6 Å². The van der Waals surface area contributed by atoms with Gasteiger partial charge in [-0.1, -0.05) is 0 Å². The number of aliphatic hydroxyl groups excluding tert-OH is 12. The normalized spacial score (nSPS) is 57.0. The molecule has 4 aliphatic rings. The maximum Gasteiger partial charge on any atom is 0.190 e. The van der Waals surface area contributed by atoms with Gasteiger partial charge >= 0.3 is 0 Å². The van der Waals surface area contributed by atoms with Gasteiger partial charge in [0.05, 0.1) is 39.6 Å². The highest BCUT2D eigenvalue weighted by Crippen LogP contribution is 2.52. The number of rotatable bonds is 7. The Labute approximate surface area is 253 Å². The third-order valence-corrected chi connectivity index (χ3v) is 9.80. The molecule has 0 saturated carbocycles. The second-order valence-electron chi connectivity index (χ2n) is 12.1. The molecule has 4 fully saturated rings. The third kappa shape index (κ3) is 4.90. The second-order valence-corrected chi connectivity index (χ2v) is 12.1. The molecule has 264 valence electrons. The van der Waals surface area contributed by atoms with E-state index in [-0.39, 0.29) is 0 Å². The molecule has 45 heavy (non-hydrogen) atoms. The summed E-state index contributed by atoms with van der Waals surface area (Å²) in [5.74, 6) is 0. The first-order valence-corrected chi connectivity index (χ1v) is 13.9. The fourth-order valence-electron chi connectivity index (χ4n) is 6.85. The molecular weight excluding hydrogens is 624 g/mol. The maximum atomic E-state index is 12.0. The molecule has 0 aromatic heterocycles. The van der Waals surface area contributed by atoms with Crippen molar-refractivity contribution in [1.29, 1.82) is 0 Å². The van der Waals surface area contributed by atoms with Gasteiger partial charge in [0.2, 0.25) is 0 Å². The van der Waals surface area contributed by atoms with Crippen molar-refractivity contribution in [2.24, 2.45) is 0 Å². The van der Waals surface area contributed by atoms with Crippen LogP contribution in [0, 0.1) is 0 Å². The lowest BCUT2D eigenvalue weighted by Crippen LogP contribution is -2.91. The van der Waals surface area contributed by atoms with Crippen LogP contribution in [0.25, 0.3) is 0 Å². The summed E-state index contributed by atoms with van der Waals surface area (Å²) >= 11 is 0. The minimum Gasteiger partial charge on any atom is -0.394 e. The average Bonchev–Trinajstić information content (AvgIpc) is 3.01. The Morgan fingerprint density at radius 1 is 0.622 bits per heavy atom. The van der Waals surface area contributed by atoms with Gasteiger partial charge in [-0.2, -0.15) is 0 Å². The second kappa shape index (κ2) is 12.6. The molecule has 0 radical (unpaired) electrons. The SMILES string of the molecule is OC[C@H]1O[C@H](O)[C@@](O)([C@]2(O)[C@@H](CO)OC[C@@](O)([C@]3(O)[C@@H](C(O)[C@@]4(O)CO[C@H](CO)[C@@H](O)[C@@H]4O)OC[C@H](O)[C@H]3O)[C@H]2O)[C@@H](O)[C@@H]1O. The minimum atomic E-state index is -3.82. The summed E-state index contributed by atoms with van der Waals surface area (Å²) in [5.41, 5.74) is -18.1. The lowest BCUT2D eigenvalue weighted by molar-refractivity contribution is -0.438. The summed E-state index contributed by atoms with van der Waals surface area (Å²) in [5, 5.41) is 185. The first-order chi connectivity index (χ1) is 20.8. The number of ether oxygens (including phenoxy) is 4. The first kappa shape index (κ1) is 37.0. The molecule has 0 aliphatic carbocycles. The van der Waals surface area contributed by atoms with Crippen LogP contribution in [0.2, 0.25) is 0 Å². The van der Waals surface area contributed by atoms with E-state index in [1.54, 1.807) is 0 Å². The fourth-order valence-corrected chi connectivity index (χ4v) is 6.85. The molecule has 21 nitrogen and oxygen atoms in total. The molecule has 1 unspecified atom stereocenters. The van der Waals surface area contributed by atoms with E-state index < -0.39 is 147 Å². The molecule has 0 aromatic rings. The standard InChI is InChI=1S/C24H42O21/c25-1-8-11(29)14(32)20(37,5-43-8)16(34)17-23(40,13(31)7(28)4-42-17)21(38)6-44-10(3-27)22(39,18(21)35)24(41)15(33)12(30)9(2-26)45-19(24)36/h7-19,25-41H,1-6H2/t7-,8+,9+,10+,11+,12+,13+,14-,15-,16?,17+,18+,19-,20+,21-,22-,23+,24+/m0/s1. The highest BCUT2D eigenvalue weighted by Gasteiger charge is 2.80. The van der Waals surface area contributed by atoms with Crippen molar-refractivity contribution in [3.63, 3.8) is 0 Å². The van der Waals surface area contributed by atoms with Crippen molar-refractivity contribution in [1.82, 2.24) is 0 Å². The molecule has 4 aliphatic heterocycles. The van der Waals surface area contributed by atoms with Crippen LogP contribution in [-0.4, -0.2) is 234 Å². The van der Waals surface area contributed by atoms with E-state index in [0.717, 1.165) is 0 Å². The topological polar surface area (TPSA) is 381 Å². The highest BCUT2D eigenvalue weighted by atomic mass is 16.7. The van der Waals surface area contributed by atoms with E-state index in [1.165, 1.54) is 0 Å². The van der Waals surface area contributed by atoms with Crippen LogP contribution in [0.15, 0.2) is 0 Å². The van der Waals surface area contributed by atoms with Gasteiger partial charge in [-0.3, -0.25) is 0 Å². The summed E-state index contributed by atoms with van der Waals surface area (Å²) in [6.07, 6.45) is -31.5. The average molecular weight is 667 g/mol. The van der Waals surface area contributed by atoms with E-state index in [1.807, 2.05) is 0 Å². The van der Waals surface area contributed by atoms with E-state index in [2.05, 4.69) is 0 Å². The van der Waals surface area contributed by atoms with E-state index in [4.69, 9.17) is 18.9 Å². The van der Waals surface area contributed by atoms with Gasteiger partial charge in [-0.25, -0.2) is 0 Å². The van der Waals surface area contributed by atoms with Crippen LogP contribution in [-0.2, 0) is 18.9 Å². The number of hydrogen-bond donors (Lipinski definition) is 17. The Morgan fingerprint density at radius 2 is 1.20 bits per heavy atom. The van der Waals surface area contributed by atoms with E-state index >= 15 is 0 Å². The summed E-state index contributed by atoms with van der Waals surface area (Å²) < 4.78 is 20.5. The van der Waals surface area contributed by atoms with Crippen molar-refractivity contribution in [3.8, 4) is 0 Å². The molecular formula is C24H42O21. The van der Waals surface area contributed by atoms with Crippen molar-refractivity contribution in [2.45, 2.75) is 108 Å². The Kier molecular flexibility index (Phi) is 10.3. The van der Waals surface area contributed by atoms with Crippen molar-refractivity contribution >= 4 is 0 Å². The molecule has 0 bridgehead atoms. The van der Waals surface area contributed by atoms with Crippen LogP contribution in [0.5, 0.6) is 0 Å². The molecule has 17 N–H and O–H groups in total. The number of aliphatic hydroxyl groups is 17. The van der Waals surface area contributed by atoms with Gasteiger partial charge in [-0.05, 0) is 0 Å². The monoisotopic (exact) mass is 666 g/mol. The Bertz CT molecular complexity index is 1040. The van der Waals surface area contributed by atoms with Gasteiger partial charge in [0, 0.05) is 0 Å². The molecule has 0 aromatic carbocycles. The Balaban J connectivity index is 1.84. The van der Waals surface area contributed by atoms with Crippen molar-refractivity contribution in [3.05, 3.63) is 0 Å². The third-order valence-electron chi connectivity index (χ3n) is 9.80. The molecule has 21 heteroatoms. The fraction of sp³-hybridized carbons (Fsp3) is 1.00. The van der Waals surface area contributed by atoms with E-state index in [9.17, 15) is 86.8 Å². The molecule has 0 spiro atoms. The lowest BCUT2D eigenvalue weighted by Gasteiger charge is -2.64. The van der Waals surface area contributed by atoms with Crippen LogP contribution < -0.4 is 0 Å². The molecule has 18 atom stereocenters. The van der Waals surface area contributed by atoms with E-state index in [0.29, 0.717) is 0 Å². The van der Waals surface area contributed by atoms with Crippen LogP contribution in [0.3, 0.4) is 0 Å². The molecule has 0 amide bonds. The van der Waals surface area contributed by atoms with Crippen molar-refractivity contribution < 1.29 is 106 Å². The highest BCUT2D eigenvalue weighted by molar-refractivity contribution is 5.28. The van der Waals surface area contributed by atoms with Gasteiger partial charge in [-0.15, -0.1) is 0 Å². The van der Waals surface area contributed by atoms with Gasteiger partial charge < -0.3 is 106 Å². The summed E-state index contributed by atoms with van der Waals surface area (Å²) in [6, 6.07) is 0. The lowest BCUT2D eigenvalue weighted by atomic mass is 9.57. The van der Waals surface area contributed by atoms with Crippen LogP contribution in [0.4, 0.5) is 0 Å². The predicted molar refractivity (Wildman–Crippen MR) is 134 cm³/mol. The zero-order chi connectivity index (χ0) is 34.1. The number of hydrogen-bond acceptors (Lipinski definition) is 21.